The monoisotopic (exact) mass is 495 g/mol. The first-order chi connectivity index (χ1) is 14.1. The van der Waals surface area contributed by atoms with Crippen LogP contribution in [0.2, 0.25) is 0 Å². The topological polar surface area (TPSA) is 86.8 Å². The summed E-state index contributed by atoms with van der Waals surface area (Å²) in [6, 6.07) is 13.6. The number of para-hydroxylation sites is 1. The van der Waals surface area contributed by atoms with Crippen molar-refractivity contribution in [2.24, 2.45) is 0 Å². The van der Waals surface area contributed by atoms with Crippen LogP contribution in [0.5, 0.6) is 0 Å². The number of nitrogens with zero attached hydrogens (tertiary/aromatic N) is 2. The van der Waals surface area contributed by atoms with E-state index in [1.165, 1.54) is 11.9 Å². The highest BCUT2D eigenvalue weighted by molar-refractivity contribution is 9.10. The van der Waals surface area contributed by atoms with Crippen LogP contribution in [0.1, 0.15) is 18.1 Å². The van der Waals surface area contributed by atoms with Crippen molar-refractivity contribution in [1.82, 2.24) is 10.2 Å². The van der Waals surface area contributed by atoms with Crippen LogP contribution < -0.4 is 9.62 Å². The Labute approximate surface area is 186 Å². The summed E-state index contributed by atoms with van der Waals surface area (Å²) < 4.78 is 26.5. The molecule has 0 spiro atoms. The Bertz CT molecular complexity index is 1030. The summed E-state index contributed by atoms with van der Waals surface area (Å²) in [4.78, 5) is 27.0. The maximum atomic E-state index is 13.3. The highest BCUT2D eigenvalue weighted by atomic mass is 79.9. The Kier molecular flexibility index (Phi) is 8.03. The van der Waals surface area contributed by atoms with Crippen molar-refractivity contribution in [3.63, 3.8) is 0 Å². The maximum absolute atomic E-state index is 13.3. The van der Waals surface area contributed by atoms with Crippen molar-refractivity contribution >= 4 is 43.5 Å². The van der Waals surface area contributed by atoms with Crippen LogP contribution in [0.15, 0.2) is 53.0 Å². The molecule has 1 unspecified atom stereocenters. The summed E-state index contributed by atoms with van der Waals surface area (Å²) >= 11 is 3.35. The Balaban J connectivity index is 2.41. The van der Waals surface area contributed by atoms with Crippen molar-refractivity contribution in [2.45, 2.75) is 26.4 Å². The summed E-state index contributed by atoms with van der Waals surface area (Å²) in [7, 11) is -2.25. The number of rotatable bonds is 8. The molecule has 1 N–H and O–H groups in total. The number of hydrogen-bond donors (Lipinski definition) is 1. The van der Waals surface area contributed by atoms with E-state index in [9.17, 15) is 18.0 Å². The van der Waals surface area contributed by atoms with Crippen molar-refractivity contribution in [3.8, 4) is 0 Å². The minimum atomic E-state index is -3.75. The molecule has 0 fully saturated rings. The lowest BCUT2D eigenvalue weighted by molar-refractivity contribution is -0.139. The van der Waals surface area contributed by atoms with E-state index in [4.69, 9.17) is 0 Å². The average molecular weight is 496 g/mol. The molecule has 0 aliphatic rings. The highest BCUT2D eigenvalue weighted by Crippen LogP contribution is 2.28. The molecular formula is C21H26BrN3O4S. The molecule has 0 aliphatic heterocycles. The second kappa shape index (κ2) is 10.1. The molecule has 2 amide bonds. The second-order valence-electron chi connectivity index (χ2n) is 6.96. The van der Waals surface area contributed by atoms with Crippen molar-refractivity contribution in [2.75, 3.05) is 24.2 Å². The predicted octanol–water partition coefficient (Wildman–Crippen LogP) is 2.69. The molecule has 0 radical (unpaired) electrons. The molecule has 7 nitrogen and oxygen atoms in total. The first kappa shape index (κ1) is 23.9. The first-order valence-corrected chi connectivity index (χ1v) is 12.0. The quantitative estimate of drug-likeness (QED) is 0.609. The van der Waals surface area contributed by atoms with Gasteiger partial charge in [0.25, 0.3) is 0 Å². The lowest BCUT2D eigenvalue weighted by atomic mass is 10.1. The second-order valence-corrected chi connectivity index (χ2v) is 9.72. The summed E-state index contributed by atoms with van der Waals surface area (Å²) in [5, 5.41) is 2.55. The number of carbonyl (C=O) groups is 2. The largest absolute Gasteiger partial charge is 0.357 e. The third-order valence-electron chi connectivity index (χ3n) is 4.82. The summed E-state index contributed by atoms with van der Waals surface area (Å²) in [5.41, 5.74) is 2.22. The number of likely N-dealkylation sites (N-methyl/N-ethyl adjacent to an activating group) is 1. The third-order valence-corrected chi connectivity index (χ3v) is 6.61. The van der Waals surface area contributed by atoms with E-state index in [1.807, 2.05) is 31.2 Å². The molecule has 1 atom stereocenters. The fraction of sp³-hybridized carbons (Fsp3) is 0.333. The summed E-state index contributed by atoms with van der Waals surface area (Å²) in [5.74, 6) is -0.806. The number of benzene rings is 2. The van der Waals surface area contributed by atoms with Crippen molar-refractivity contribution in [1.29, 1.82) is 0 Å². The predicted molar refractivity (Wildman–Crippen MR) is 122 cm³/mol. The molecule has 0 saturated carbocycles. The van der Waals surface area contributed by atoms with E-state index in [1.54, 1.807) is 31.2 Å². The first-order valence-electron chi connectivity index (χ1n) is 9.34. The normalized spacial score (nSPS) is 12.2. The van der Waals surface area contributed by atoms with Crippen LogP contribution in [-0.2, 0) is 26.2 Å². The van der Waals surface area contributed by atoms with Crippen molar-refractivity contribution < 1.29 is 18.0 Å². The Morgan fingerprint density at radius 1 is 1.10 bits per heavy atom. The molecule has 0 heterocycles. The van der Waals surface area contributed by atoms with Gasteiger partial charge in [-0.05, 0) is 53.0 Å². The number of nitrogens with one attached hydrogen (secondary N) is 1. The van der Waals surface area contributed by atoms with Crippen LogP contribution >= 0.6 is 15.9 Å². The number of amides is 2. The van der Waals surface area contributed by atoms with Gasteiger partial charge in [-0.15, -0.1) is 0 Å². The average Bonchev–Trinajstić information content (AvgIpc) is 2.70. The molecule has 9 heteroatoms. The zero-order valence-corrected chi connectivity index (χ0v) is 19.8. The molecule has 0 bridgehead atoms. The van der Waals surface area contributed by atoms with E-state index in [0.29, 0.717) is 10.2 Å². The minimum absolute atomic E-state index is 0.188. The summed E-state index contributed by atoms with van der Waals surface area (Å²) in [6.07, 6.45) is 1.05. The lowest BCUT2D eigenvalue weighted by Gasteiger charge is -2.31. The van der Waals surface area contributed by atoms with Gasteiger partial charge >= 0.3 is 0 Å². The minimum Gasteiger partial charge on any atom is -0.357 e. The van der Waals surface area contributed by atoms with E-state index in [0.717, 1.165) is 21.7 Å². The van der Waals surface area contributed by atoms with Crippen LogP contribution in [0.3, 0.4) is 0 Å². The molecule has 0 aliphatic carbocycles. The van der Waals surface area contributed by atoms with Gasteiger partial charge in [-0.2, -0.15) is 0 Å². The Morgan fingerprint density at radius 2 is 1.70 bits per heavy atom. The Hall–Kier alpha value is -2.39. The van der Waals surface area contributed by atoms with E-state index < -0.39 is 28.5 Å². The molecule has 0 aromatic heterocycles. The molecule has 2 rings (SSSR count). The number of hydrogen-bond acceptors (Lipinski definition) is 4. The van der Waals surface area contributed by atoms with E-state index in [-0.39, 0.29) is 12.5 Å². The molecule has 2 aromatic carbocycles. The van der Waals surface area contributed by atoms with E-state index >= 15 is 0 Å². The fourth-order valence-corrected chi connectivity index (χ4v) is 4.49. The van der Waals surface area contributed by atoms with Gasteiger partial charge in [0, 0.05) is 18.1 Å². The van der Waals surface area contributed by atoms with Gasteiger partial charge in [0.1, 0.15) is 12.6 Å². The number of carbonyl (C=O) groups excluding carboxylic acids is 2. The van der Waals surface area contributed by atoms with Gasteiger partial charge in [-0.25, -0.2) is 8.42 Å². The number of anilines is 1. The standard InChI is InChI=1S/C21H26BrN3O4S/c1-15-9-5-6-10-17(15)13-24(16(2)21(27)23-3)20(26)14-25(30(4,28)29)19-12-8-7-11-18(19)22/h5-12,16H,13-14H2,1-4H3,(H,23,27). The van der Waals surface area contributed by atoms with Crippen LogP contribution in [0, 0.1) is 6.92 Å². The highest BCUT2D eigenvalue weighted by Gasteiger charge is 2.30. The van der Waals surface area contributed by atoms with Crippen LogP contribution in [0.25, 0.3) is 0 Å². The van der Waals surface area contributed by atoms with Crippen molar-refractivity contribution in [3.05, 3.63) is 64.1 Å². The number of halogens is 1. The van der Waals surface area contributed by atoms with Crippen LogP contribution in [0.4, 0.5) is 5.69 Å². The van der Waals surface area contributed by atoms with Gasteiger partial charge < -0.3 is 10.2 Å². The fourth-order valence-electron chi connectivity index (χ4n) is 3.01. The van der Waals surface area contributed by atoms with Gasteiger partial charge in [0.15, 0.2) is 0 Å². The van der Waals surface area contributed by atoms with Gasteiger partial charge in [0.05, 0.1) is 11.9 Å². The molecule has 162 valence electrons. The molecule has 0 saturated heterocycles. The van der Waals surface area contributed by atoms with Gasteiger partial charge in [-0.3, -0.25) is 13.9 Å². The molecule has 2 aromatic rings. The Morgan fingerprint density at radius 3 is 2.27 bits per heavy atom. The van der Waals surface area contributed by atoms with Crippen LogP contribution in [-0.4, -0.2) is 51.0 Å². The third kappa shape index (κ3) is 5.82. The number of sulfonamides is 1. The molecule has 30 heavy (non-hydrogen) atoms. The molecular weight excluding hydrogens is 470 g/mol. The SMILES string of the molecule is CNC(=O)C(C)N(Cc1ccccc1C)C(=O)CN(c1ccccc1Br)S(C)(=O)=O. The smallest absolute Gasteiger partial charge is 0.244 e. The summed E-state index contributed by atoms with van der Waals surface area (Å²) in [6.45, 7) is 3.31. The zero-order valence-electron chi connectivity index (χ0n) is 17.4. The van der Waals surface area contributed by atoms with Gasteiger partial charge in [-0.1, -0.05) is 36.4 Å². The van der Waals surface area contributed by atoms with Gasteiger partial charge in [0.2, 0.25) is 21.8 Å². The van der Waals surface area contributed by atoms with E-state index in [2.05, 4.69) is 21.2 Å². The number of aryl methyl sites for hydroxylation is 1. The lowest BCUT2D eigenvalue weighted by Crippen LogP contribution is -2.50. The zero-order chi connectivity index (χ0) is 22.5. The maximum Gasteiger partial charge on any atom is 0.244 e.